The van der Waals surface area contributed by atoms with Gasteiger partial charge in [0.05, 0.1) is 11.6 Å². The summed E-state index contributed by atoms with van der Waals surface area (Å²) in [6.07, 6.45) is 6.71. The number of benzene rings is 1. The van der Waals surface area contributed by atoms with E-state index in [4.69, 9.17) is 4.74 Å². The van der Waals surface area contributed by atoms with E-state index in [0.717, 1.165) is 17.3 Å². The third-order valence-corrected chi connectivity index (χ3v) is 7.29. The molecular weight excluding hydrogens is 463 g/mol. The molecule has 6 rings (SSSR count). The lowest BCUT2D eigenvalue weighted by Gasteiger charge is -2.47. The van der Waals surface area contributed by atoms with Gasteiger partial charge in [0.1, 0.15) is 11.9 Å². The minimum Gasteiger partial charge on any atom is -0.472 e. The van der Waals surface area contributed by atoms with Gasteiger partial charge in [0, 0.05) is 46.7 Å². The summed E-state index contributed by atoms with van der Waals surface area (Å²) in [5.74, 6) is 0.446. The van der Waals surface area contributed by atoms with Gasteiger partial charge in [0.25, 0.3) is 5.91 Å². The summed E-state index contributed by atoms with van der Waals surface area (Å²) >= 11 is 3.37. The Morgan fingerprint density at radius 2 is 1.97 bits per heavy atom. The lowest BCUT2D eigenvalue weighted by atomic mass is 9.73. The molecule has 4 unspecified atom stereocenters. The number of amides is 1. The second-order valence-corrected chi connectivity index (χ2v) is 9.36. The minimum atomic E-state index is -0.559. The largest absolute Gasteiger partial charge is 0.472 e. The van der Waals surface area contributed by atoms with Crippen LogP contribution in [0.1, 0.15) is 23.2 Å². The van der Waals surface area contributed by atoms with Crippen molar-refractivity contribution in [3.63, 3.8) is 0 Å². The van der Waals surface area contributed by atoms with Crippen LogP contribution in [-0.2, 0) is 0 Å². The molecule has 0 radical (unpaired) electrons. The van der Waals surface area contributed by atoms with E-state index < -0.39 is 5.82 Å². The highest BCUT2D eigenvalue weighted by Gasteiger charge is 2.76. The van der Waals surface area contributed by atoms with Gasteiger partial charge in [-0.15, -0.1) is 0 Å². The Morgan fingerprint density at radius 3 is 2.74 bits per heavy atom. The Balaban J connectivity index is 1.32. The SMILES string of the molecule is O=C(c1c(F)cccc1-c1ncccn1)N1CC2CC23CC(Oc2ccc(Br)cn2)C13. The fourth-order valence-electron chi connectivity index (χ4n) is 5.35. The van der Waals surface area contributed by atoms with Crippen LogP contribution in [0.25, 0.3) is 11.4 Å². The highest BCUT2D eigenvalue weighted by atomic mass is 79.9. The normalized spacial score (nSPS) is 27.8. The van der Waals surface area contributed by atoms with E-state index in [0.29, 0.717) is 29.7 Å². The molecule has 1 saturated heterocycles. The Labute approximate surface area is 186 Å². The van der Waals surface area contributed by atoms with Crippen LogP contribution in [0.2, 0.25) is 0 Å². The number of ether oxygens (including phenoxy) is 1. The molecule has 4 atom stereocenters. The number of piperidine rings is 1. The zero-order chi connectivity index (χ0) is 21.2. The van der Waals surface area contributed by atoms with E-state index in [1.54, 1.807) is 41.7 Å². The molecule has 0 bridgehead atoms. The van der Waals surface area contributed by atoms with Crippen molar-refractivity contribution in [2.75, 3.05) is 6.54 Å². The predicted octanol–water partition coefficient (Wildman–Crippen LogP) is 4.12. The third kappa shape index (κ3) is 2.88. The van der Waals surface area contributed by atoms with Crippen LogP contribution in [-0.4, -0.2) is 44.4 Å². The molecule has 3 fully saturated rings. The molecule has 1 spiro atoms. The molecule has 8 heteroatoms. The lowest BCUT2D eigenvalue weighted by molar-refractivity contribution is -0.0346. The maximum atomic E-state index is 14.9. The van der Waals surface area contributed by atoms with E-state index >= 15 is 0 Å². The smallest absolute Gasteiger partial charge is 0.257 e. The Morgan fingerprint density at radius 1 is 1.13 bits per heavy atom. The molecular formula is C23H18BrFN4O2. The summed E-state index contributed by atoms with van der Waals surface area (Å²) in [6.45, 7) is 0.626. The van der Waals surface area contributed by atoms with Gasteiger partial charge in [-0.1, -0.05) is 12.1 Å². The van der Waals surface area contributed by atoms with Crippen molar-refractivity contribution in [1.82, 2.24) is 19.9 Å². The van der Waals surface area contributed by atoms with Gasteiger partial charge in [-0.3, -0.25) is 4.79 Å². The second kappa shape index (κ2) is 6.82. The first-order valence-electron chi connectivity index (χ1n) is 10.2. The fourth-order valence-corrected chi connectivity index (χ4v) is 5.58. The lowest BCUT2D eigenvalue weighted by Crippen LogP contribution is -2.59. The van der Waals surface area contributed by atoms with Gasteiger partial charge in [-0.25, -0.2) is 19.3 Å². The average Bonchev–Trinajstić information content (AvgIpc) is 3.43. The van der Waals surface area contributed by atoms with Crippen molar-refractivity contribution >= 4 is 21.8 Å². The number of nitrogens with zero attached hydrogens (tertiary/aromatic N) is 4. The van der Waals surface area contributed by atoms with E-state index in [1.165, 1.54) is 6.07 Å². The molecule has 0 N–H and O–H groups in total. The van der Waals surface area contributed by atoms with E-state index in [-0.39, 0.29) is 29.0 Å². The number of hydrogen-bond donors (Lipinski definition) is 0. The standard InChI is InChI=1S/C23H18BrFN4O2/c24-14-5-6-18(28-11-14)31-17-10-23-9-13(23)12-29(20(17)23)22(30)19-15(3-1-4-16(19)25)21-26-7-2-8-27-21/h1-8,11,13,17,20H,9-10,12H2. The third-order valence-electron chi connectivity index (χ3n) is 6.82. The molecule has 1 aromatic carbocycles. The van der Waals surface area contributed by atoms with Gasteiger partial charge in [0.2, 0.25) is 5.88 Å². The summed E-state index contributed by atoms with van der Waals surface area (Å²) in [5, 5.41) is 0. The van der Waals surface area contributed by atoms with Crippen LogP contribution in [0.15, 0.2) is 59.5 Å². The van der Waals surface area contributed by atoms with Crippen LogP contribution < -0.4 is 4.74 Å². The topological polar surface area (TPSA) is 68.2 Å². The molecule has 156 valence electrons. The number of pyridine rings is 1. The van der Waals surface area contributed by atoms with Gasteiger partial charge >= 0.3 is 0 Å². The van der Waals surface area contributed by atoms with Crippen molar-refractivity contribution < 1.29 is 13.9 Å². The number of aromatic nitrogens is 3. The Hall–Kier alpha value is -2.87. The zero-order valence-electron chi connectivity index (χ0n) is 16.4. The molecule has 3 aromatic rings. The van der Waals surface area contributed by atoms with Crippen molar-refractivity contribution in [3.8, 4) is 17.3 Å². The highest BCUT2D eigenvalue weighted by molar-refractivity contribution is 9.10. The monoisotopic (exact) mass is 480 g/mol. The van der Waals surface area contributed by atoms with Gasteiger partial charge in [-0.05, 0) is 52.9 Å². The molecule has 2 aliphatic carbocycles. The van der Waals surface area contributed by atoms with Gasteiger partial charge in [0.15, 0.2) is 5.82 Å². The first kappa shape index (κ1) is 18.9. The Kier molecular flexibility index (Phi) is 4.15. The summed E-state index contributed by atoms with van der Waals surface area (Å²) in [5.41, 5.74) is 0.550. The Bertz CT molecular complexity index is 1180. The first-order valence-corrected chi connectivity index (χ1v) is 11.0. The quantitative estimate of drug-likeness (QED) is 0.561. The molecule has 3 heterocycles. The second-order valence-electron chi connectivity index (χ2n) is 8.45. The summed E-state index contributed by atoms with van der Waals surface area (Å²) in [6, 6.07) is 9.89. The summed E-state index contributed by atoms with van der Waals surface area (Å²) in [7, 11) is 0. The average molecular weight is 481 g/mol. The van der Waals surface area contributed by atoms with E-state index in [9.17, 15) is 9.18 Å². The molecule has 6 nitrogen and oxygen atoms in total. The zero-order valence-corrected chi connectivity index (χ0v) is 18.0. The van der Waals surface area contributed by atoms with Gasteiger partial charge < -0.3 is 9.64 Å². The molecule has 3 aliphatic rings. The van der Waals surface area contributed by atoms with Crippen molar-refractivity contribution in [2.24, 2.45) is 11.3 Å². The summed E-state index contributed by atoms with van der Waals surface area (Å²) < 4.78 is 21.9. The van der Waals surface area contributed by atoms with Crippen molar-refractivity contribution in [2.45, 2.75) is 25.0 Å². The van der Waals surface area contributed by atoms with Crippen LogP contribution in [0.3, 0.4) is 0 Å². The van der Waals surface area contributed by atoms with Gasteiger partial charge in [-0.2, -0.15) is 0 Å². The molecule has 2 saturated carbocycles. The maximum absolute atomic E-state index is 14.9. The number of likely N-dealkylation sites (tertiary alicyclic amines) is 1. The number of rotatable bonds is 4. The number of halogens is 2. The molecule has 1 amide bonds. The van der Waals surface area contributed by atoms with E-state index in [1.807, 2.05) is 12.1 Å². The maximum Gasteiger partial charge on any atom is 0.257 e. The summed E-state index contributed by atoms with van der Waals surface area (Å²) in [4.78, 5) is 28.2. The van der Waals surface area contributed by atoms with Crippen LogP contribution in [0, 0.1) is 17.2 Å². The molecule has 31 heavy (non-hydrogen) atoms. The van der Waals surface area contributed by atoms with E-state index in [2.05, 4.69) is 30.9 Å². The minimum absolute atomic E-state index is 0.0255. The number of hydrogen-bond acceptors (Lipinski definition) is 5. The van der Waals surface area contributed by atoms with Crippen LogP contribution >= 0.6 is 15.9 Å². The highest BCUT2D eigenvalue weighted by Crippen LogP contribution is 2.71. The predicted molar refractivity (Wildman–Crippen MR) is 114 cm³/mol. The van der Waals surface area contributed by atoms with Crippen LogP contribution in [0.5, 0.6) is 5.88 Å². The molecule has 1 aliphatic heterocycles. The molecule has 2 aromatic heterocycles. The first-order chi connectivity index (χ1) is 15.1. The van der Waals surface area contributed by atoms with Crippen molar-refractivity contribution in [1.29, 1.82) is 0 Å². The number of carbonyl (C=O) groups excluding carboxylic acids is 1. The van der Waals surface area contributed by atoms with Crippen molar-refractivity contribution in [3.05, 3.63) is 70.8 Å². The fraction of sp³-hybridized carbons (Fsp3) is 0.304. The van der Waals surface area contributed by atoms with Crippen LogP contribution in [0.4, 0.5) is 4.39 Å². The number of carbonyl (C=O) groups is 1.